The molecule has 0 unspecified atom stereocenters. The van der Waals surface area contributed by atoms with Crippen molar-refractivity contribution in [2.24, 2.45) is 0 Å². The number of pyridine rings is 1. The number of carbonyl (C=O) groups is 1. The highest BCUT2D eigenvalue weighted by molar-refractivity contribution is 5.93. The van der Waals surface area contributed by atoms with Gasteiger partial charge in [-0.15, -0.1) is 0 Å². The normalized spacial score (nSPS) is 10.4. The lowest BCUT2D eigenvalue weighted by Gasteiger charge is -2.09. The molecule has 0 aliphatic carbocycles. The smallest absolute Gasteiger partial charge is 0.269 e. The predicted octanol–water partition coefficient (Wildman–Crippen LogP) is 3.98. The molecule has 1 heterocycles. The molecule has 28 heavy (non-hydrogen) atoms. The Balaban J connectivity index is 1.51. The Hall–Kier alpha value is -3.34. The summed E-state index contributed by atoms with van der Waals surface area (Å²) in [6.45, 7) is 3.32. The fraction of sp³-hybridized carbons (Fsp3) is 0.217. The van der Waals surface area contributed by atoms with Crippen molar-refractivity contribution in [1.29, 1.82) is 0 Å². The Morgan fingerprint density at radius 3 is 2.61 bits per heavy atom. The average molecular weight is 375 g/mol. The van der Waals surface area contributed by atoms with Crippen molar-refractivity contribution in [3.63, 3.8) is 0 Å². The Bertz CT molecular complexity index is 923. The summed E-state index contributed by atoms with van der Waals surface area (Å²) < 4.78 is 5.15. The van der Waals surface area contributed by atoms with E-state index in [4.69, 9.17) is 4.74 Å². The fourth-order valence-corrected chi connectivity index (χ4v) is 2.89. The molecular weight excluding hydrogens is 350 g/mol. The zero-order valence-electron chi connectivity index (χ0n) is 16.2. The van der Waals surface area contributed by atoms with Crippen LogP contribution in [0.15, 0.2) is 66.9 Å². The number of rotatable bonds is 8. The molecule has 0 saturated carbocycles. The molecule has 3 aromatic rings. The van der Waals surface area contributed by atoms with E-state index in [-0.39, 0.29) is 5.91 Å². The largest absolute Gasteiger partial charge is 0.497 e. The van der Waals surface area contributed by atoms with Crippen LogP contribution in [0.2, 0.25) is 0 Å². The number of aromatic nitrogens is 1. The standard InChI is InChI=1S/C23H25N3O2/c1-17-4-3-5-19(14-17)16-26-20-11-13-24-22(15-20)23(27)25-12-10-18-6-8-21(28-2)9-7-18/h3-9,11,13-15H,10,12,16H2,1-2H3,(H,24,26)(H,25,27). The number of methoxy groups -OCH3 is 1. The third-order valence-electron chi connectivity index (χ3n) is 4.43. The summed E-state index contributed by atoms with van der Waals surface area (Å²) in [5, 5.41) is 6.27. The molecule has 0 spiro atoms. The first-order valence-corrected chi connectivity index (χ1v) is 9.30. The second kappa shape index (κ2) is 9.55. The molecule has 3 rings (SSSR count). The van der Waals surface area contributed by atoms with Crippen LogP contribution < -0.4 is 15.4 Å². The van der Waals surface area contributed by atoms with Crippen molar-refractivity contribution < 1.29 is 9.53 Å². The number of nitrogens with one attached hydrogen (secondary N) is 2. The Morgan fingerprint density at radius 1 is 1.04 bits per heavy atom. The van der Waals surface area contributed by atoms with Crippen molar-refractivity contribution in [3.8, 4) is 5.75 Å². The van der Waals surface area contributed by atoms with Gasteiger partial charge in [-0.25, -0.2) is 0 Å². The number of benzene rings is 2. The van der Waals surface area contributed by atoms with Crippen molar-refractivity contribution in [3.05, 3.63) is 89.2 Å². The van der Waals surface area contributed by atoms with E-state index >= 15 is 0 Å². The summed E-state index contributed by atoms with van der Waals surface area (Å²) in [6.07, 6.45) is 2.40. The number of nitrogens with zero attached hydrogens (tertiary/aromatic N) is 1. The quantitative estimate of drug-likeness (QED) is 0.625. The van der Waals surface area contributed by atoms with Crippen LogP contribution in [0.25, 0.3) is 0 Å². The van der Waals surface area contributed by atoms with Gasteiger partial charge in [-0.1, -0.05) is 42.0 Å². The fourth-order valence-electron chi connectivity index (χ4n) is 2.89. The van der Waals surface area contributed by atoms with Crippen LogP contribution in [0.1, 0.15) is 27.2 Å². The van der Waals surface area contributed by atoms with E-state index in [0.29, 0.717) is 18.8 Å². The molecule has 0 atom stereocenters. The monoisotopic (exact) mass is 375 g/mol. The maximum atomic E-state index is 12.4. The molecular formula is C23H25N3O2. The maximum Gasteiger partial charge on any atom is 0.269 e. The predicted molar refractivity (Wildman–Crippen MR) is 112 cm³/mol. The molecule has 1 aromatic heterocycles. The van der Waals surface area contributed by atoms with Gasteiger partial charge in [-0.05, 0) is 48.7 Å². The molecule has 5 nitrogen and oxygen atoms in total. The highest BCUT2D eigenvalue weighted by Crippen LogP contribution is 2.13. The molecule has 5 heteroatoms. The number of hydrogen-bond acceptors (Lipinski definition) is 4. The minimum Gasteiger partial charge on any atom is -0.497 e. The van der Waals surface area contributed by atoms with Gasteiger partial charge in [-0.3, -0.25) is 9.78 Å². The summed E-state index contributed by atoms with van der Waals surface area (Å²) in [7, 11) is 1.64. The SMILES string of the molecule is COc1ccc(CCNC(=O)c2cc(NCc3cccc(C)c3)ccn2)cc1. The number of hydrogen-bond donors (Lipinski definition) is 2. The lowest BCUT2D eigenvalue weighted by molar-refractivity contribution is 0.0949. The number of ether oxygens (including phenoxy) is 1. The van der Waals surface area contributed by atoms with Crippen LogP contribution in [-0.4, -0.2) is 24.5 Å². The second-order valence-corrected chi connectivity index (χ2v) is 6.63. The Morgan fingerprint density at radius 2 is 1.86 bits per heavy atom. The average Bonchev–Trinajstić information content (AvgIpc) is 2.73. The molecule has 2 N–H and O–H groups in total. The minimum absolute atomic E-state index is 0.173. The van der Waals surface area contributed by atoms with Gasteiger partial charge in [0.15, 0.2) is 0 Å². The highest BCUT2D eigenvalue weighted by atomic mass is 16.5. The number of anilines is 1. The zero-order valence-corrected chi connectivity index (χ0v) is 16.2. The van der Waals surface area contributed by atoms with Crippen LogP contribution in [-0.2, 0) is 13.0 Å². The van der Waals surface area contributed by atoms with Gasteiger partial charge >= 0.3 is 0 Å². The summed E-state index contributed by atoms with van der Waals surface area (Å²) in [5.74, 6) is 0.652. The van der Waals surface area contributed by atoms with Crippen molar-refractivity contribution in [2.45, 2.75) is 19.9 Å². The van der Waals surface area contributed by atoms with Crippen molar-refractivity contribution in [2.75, 3.05) is 19.0 Å². The van der Waals surface area contributed by atoms with Crippen LogP contribution in [0.5, 0.6) is 5.75 Å². The molecule has 0 aliphatic rings. The number of carbonyl (C=O) groups excluding carboxylic acids is 1. The minimum atomic E-state index is -0.173. The lowest BCUT2D eigenvalue weighted by atomic mass is 10.1. The first-order chi connectivity index (χ1) is 13.6. The van der Waals surface area contributed by atoms with E-state index in [0.717, 1.165) is 23.4 Å². The van der Waals surface area contributed by atoms with Crippen LogP contribution >= 0.6 is 0 Å². The van der Waals surface area contributed by atoms with Crippen molar-refractivity contribution in [1.82, 2.24) is 10.3 Å². The lowest BCUT2D eigenvalue weighted by Crippen LogP contribution is -2.26. The first-order valence-electron chi connectivity index (χ1n) is 9.30. The van der Waals surface area contributed by atoms with Gasteiger partial charge in [0, 0.05) is 25.0 Å². The highest BCUT2D eigenvalue weighted by Gasteiger charge is 2.08. The summed E-state index contributed by atoms with van der Waals surface area (Å²) in [6, 6.07) is 19.8. The van der Waals surface area contributed by atoms with Gasteiger partial charge in [0.1, 0.15) is 11.4 Å². The Labute approximate surface area is 165 Å². The third-order valence-corrected chi connectivity index (χ3v) is 4.43. The Kier molecular flexibility index (Phi) is 6.63. The second-order valence-electron chi connectivity index (χ2n) is 6.63. The maximum absolute atomic E-state index is 12.4. The van der Waals surface area contributed by atoms with E-state index in [9.17, 15) is 4.79 Å². The van der Waals surface area contributed by atoms with Gasteiger partial charge < -0.3 is 15.4 Å². The molecule has 144 valence electrons. The summed E-state index contributed by atoms with van der Waals surface area (Å²) in [5.41, 5.74) is 4.84. The van der Waals surface area contributed by atoms with E-state index in [1.54, 1.807) is 19.4 Å². The van der Waals surface area contributed by atoms with E-state index in [2.05, 4.69) is 40.7 Å². The van der Waals surface area contributed by atoms with E-state index in [1.807, 2.05) is 36.4 Å². The van der Waals surface area contributed by atoms with E-state index in [1.165, 1.54) is 11.1 Å². The van der Waals surface area contributed by atoms with Gasteiger partial charge in [0.25, 0.3) is 5.91 Å². The molecule has 0 aliphatic heterocycles. The van der Waals surface area contributed by atoms with Crippen LogP contribution in [0.4, 0.5) is 5.69 Å². The van der Waals surface area contributed by atoms with Gasteiger partial charge in [0.05, 0.1) is 7.11 Å². The molecule has 0 bridgehead atoms. The van der Waals surface area contributed by atoms with Crippen molar-refractivity contribution >= 4 is 11.6 Å². The number of amides is 1. The van der Waals surface area contributed by atoms with Gasteiger partial charge in [-0.2, -0.15) is 0 Å². The number of aryl methyl sites for hydroxylation is 1. The third kappa shape index (κ3) is 5.58. The first kappa shape index (κ1) is 19.4. The van der Waals surface area contributed by atoms with Crippen LogP contribution in [0, 0.1) is 6.92 Å². The van der Waals surface area contributed by atoms with Crippen LogP contribution in [0.3, 0.4) is 0 Å². The molecule has 1 amide bonds. The molecule has 2 aromatic carbocycles. The molecule has 0 radical (unpaired) electrons. The summed E-state index contributed by atoms with van der Waals surface area (Å²) >= 11 is 0. The zero-order chi connectivity index (χ0) is 19.8. The van der Waals surface area contributed by atoms with Gasteiger partial charge in [0.2, 0.25) is 0 Å². The molecule has 0 fully saturated rings. The summed E-state index contributed by atoms with van der Waals surface area (Å²) in [4.78, 5) is 16.6. The topological polar surface area (TPSA) is 63.2 Å². The van der Waals surface area contributed by atoms with E-state index < -0.39 is 0 Å². The molecule has 0 saturated heterocycles.